The van der Waals surface area contributed by atoms with Crippen LogP contribution < -0.4 is 5.32 Å². The number of carbonyl (C=O) groups is 2. The van der Waals surface area contributed by atoms with Crippen LogP contribution >= 0.6 is 0 Å². The van der Waals surface area contributed by atoms with E-state index >= 15 is 0 Å². The number of aliphatic carboxylic acids is 1. The Morgan fingerprint density at radius 2 is 2.05 bits per heavy atom. The summed E-state index contributed by atoms with van der Waals surface area (Å²) in [6, 6.07) is -0.559. The van der Waals surface area contributed by atoms with Gasteiger partial charge in [-0.1, -0.05) is 6.92 Å². The number of carboxylic acid groups (broad SMARTS) is 1. The third-order valence-corrected chi connectivity index (χ3v) is 4.09. The van der Waals surface area contributed by atoms with Gasteiger partial charge >= 0.3 is 12.0 Å². The molecular formula is C13H23N3O3. The predicted molar refractivity (Wildman–Crippen MR) is 71.0 cm³/mol. The Morgan fingerprint density at radius 1 is 1.32 bits per heavy atom. The lowest BCUT2D eigenvalue weighted by molar-refractivity contribution is -0.139. The average molecular weight is 269 g/mol. The summed E-state index contributed by atoms with van der Waals surface area (Å²) in [6.07, 6.45) is 3.71. The predicted octanol–water partition coefficient (Wildman–Crippen LogP) is 0.729. The van der Waals surface area contributed by atoms with Crippen molar-refractivity contribution < 1.29 is 14.7 Å². The van der Waals surface area contributed by atoms with Gasteiger partial charge in [-0.3, -0.25) is 4.90 Å². The molecule has 1 unspecified atom stereocenters. The normalized spacial score (nSPS) is 25.5. The Hall–Kier alpha value is -1.30. The van der Waals surface area contributed by atoms with Crippen molar-refractivity contribution in [3.63, 3.8) is 0 Å². The summed E-state index contributed by atoms with van der Waals surface area (Å²) in [5.41, 5.74) is 0. The van der Waals surface area contributed by atoms with Crippen LogP contribution in [-0.4, -0.2) is 65.2 Å². The van der Waals surface area contributed by atoms with E-state index in [1.807, 2.05) is 0 Å². The molecule has 108 valence electrons. The van der Waals surface area contributed by atoms with E-state index in [9.17, 15) is 9.59 Å². The minimum Gasteiger partial charge on any atom is -0.480 e. The molecule has 0 aromatic heterocycles. The van der Waals surface area contributed by atoms with Crippen molar-refractivity contribution >= 4 is 12.0 Å². The number of hydrogen-bond donors (Lipinski definition) is 2. The lowest BCUT2D eigenvalue weighted by Gasteiger charge is -2.27. The van der Waals surface area contributed by atoms with Crippen molar-refractivity contribution in [1.82, 2.24) is 15.1 Å². The van der Waals surface area contributed by atoms with Crippen molar-refractivity contribution in [2.45, 2.75) is 44.7 Å². The number of nitrogens with zero attached hydrogens (tertiary/aromatic N) is 2. The van der Waals surface area contributed by atoms with Gasteiger partial charge in [0.05, 0.1) is 0 Å². The van der Waals surface area contributed by atoms with E-state index in [1.165, 1.54) is 6.42 Å². The molecule has 0 radical (unpaired) electrons. The molecule has 2 atom stereocenters. The number of carboxylic acids is 1. The Bertz CT molecular complexity index is 348. The van der Waals surface area contributed by atoms with Gasteiger partial charge in [-0.2, -0.15) is 0 Å². The summed E-state index contributed by atoms with van der Waals surface area (Å²) in [5, 5.41) is 11.6. The molecule has 2 rings (SSSR count). The summed E-state index contributed by atoms with van der Waals surface area (Å²) in [5.74, 6) is -0.965. The molecule has 2 saturated heterocycles. The molecule has 6 heteroatoms. The molecule has 19 heavy (non-hydrogen) atoms. The lowest BCUT2D eigenvalue weighted by Crippen LogP contribution is -2.49. The van der Waals surface area contributed by atoms with E-state index in [2.05, 4.69) is 10.2 Å². The number of fused-ring (bicyclic) bond motifs is 1. The molecule has 0 aliphatic carbocycles. The number of urea groups is 1. The Kier molecular flexibility index (Phi) is 4.63. The fraction of sp³-hybridized carbons (Fsp3) is 0.846. The summed E-state index contributed by atoms with van der Waals surface area (Å²) >= 11 is 0. The van der Waals surface area contributed by atoms with Crippen molar-refractivity contribution in [2.75, 3.05) is 26.2 Å². The fourth-order valence-corrected chi connectivity index (χ4v) is 2.97. The summed E-state index contributed by atoms with van der Waals surface area (Å²) < 4.78 is 0. The molecule has 0 aromatic carbocycles. The maximum absolute atomic E-state index is 12.1. The highest BCUT2D eigenvalue weighted by atomic mass is 16.4. The third-order valence-electron chi connectivity index (χ3n) is 4.09. The highest BCUT2D eigenvalue weighted by Crippen LogP contribution is 2.21. The number of amides is 2. The topological polar surface area (TPSA) is 72.9 Å². The standard InChI is InChI=1S/C13H23N3O3/c1-2-11(12(17)18)14-13(19)16-8-4-7-15-6-3-5-10(15)9-16/h10-11H,2-9H2,1H3,(H,14,19)(H,17,18)/t10?,11-/m0/s1. The lowest BCUT2D eigenvalue weighted by atomic mass is 10.2. The summed E-state index contributed by atoms with van der Waals surface area (Å²) in [4.78, 5) is 27.3. The van der Waals surface area contributed by atoms with Gasteiger partial charge in [-0.25, -0.2) is 9.59 Å². The van der Waals surface area contributed by atoms with E-state index in [1.54, 1.807) is 11.8 Å². The second kappa shape index (κ2) is 6.23. The second-order valence-corrected chi connectivity index (χ2v) is 5.38. The molecule has 6 nitrogen and oxygen atoms in total. The van der Waals surface area contributed by atoms with Crippen molar-refractivity contribution in [3.8, 4) is 0 Å². The first kappa shape index (κ1) is 14.1. The first-order chi connectivity index (χ1) is 9.11. The second-order valence-electron chi connectivity index (χ2n) is 5.38. The molecule has 2 aliphatic heterocycles. The van der Waals surface area contributed by atoms with Gasteiger partial charge in [0, 0.05) is 25.7 Å². The summed E-state index contributed by atoms with van der Waals surface area (Å²) in [6.45, 7) is 5.38. The Balaban J connectivity index is 1.92. The van der Waals surface area contributed by atoms with Crippen LogP contribution in [0, 0.1) is 0 Å². The van der Waals surface area contributed by atoms with Crippen LogP contribution in [0.3, 0.4) is 0 Å². The molecule has 2 N–H and O–H groups in total. The minimum atomic E-state index is -0.965. The highest BCUT2D eigenvalue weighted by Gasteiger charge is 2.31. The first-order valence-corrected chi connectivity index (χ1v) is 7.14. The van der Waals surface area contributed by atoms with Crippen LogP contribution in [0.5, 0.6) is 0 Å². The number of hydrogen-bond acceptors (Lipinski definition) is 3. The number of carbonyl (C=O) groups excluding carboxylic acids is 1. The van der Waals surface area contributed by atoms with Crippen LogP contribution in [0.1, 0.15) is 32.6 Å². The van der Waals surface area contributed by atoms with E-state index in [4.69, 9.17) is 5.11 Å². The molecule has 2 amide bonds. The van der Waals surface area contributed by atoms with Crippen LogP contribution in [-0.2, 0) is 4.79 Å². The van der Waals surface area contributed by atoms with Crippen LogP contribution in [0.2, 0.25) is 0 Å². The van der Waals surface area contributed by atoms with Crippen molar-refractivity contribution in [2.24, 2.45) is 0 Å². The number of rotatable bonds is 3. The summed E-state index contributed by atoms with van der Waals surface area (Å²) in [7, 11) is 0. The van der Waals surface area contributed by atoms with E-state index < -0.39 is 12.0 Å². The maximum Gasteiger partial charge on any atom is 0.326 e. The largest absolute Gasteiger partial charge is 0.480 e. The van der Waals surface area contributed by atoms with E-state index in [0.29, 0.717) is 12.5 Å². The van der Waals surface area contributed by atoms with Crippen molar-refractivity contribution in [1.29, 1.82) is 0 Å². The van der Waals surface area contributed by atoms with E-state index in [0.717, 1.165) is 39.0 Å². The molecule has 2 aliphatic rings. The van der Waals surface area contributed by atoms with Crippen molar-refractivity contribution in [3.05, 3.63) is 0 Å². The molecule has 0 spiro atoms. The molecular weight excluding hydrogens is 246 g/mol. The van der Waals surface area contributed by atoms with Crippen LogP contribution in [0.4, 0.5) is 4.79 Å². The maximum atomic E-state index is 12.1. The van der Waals surface area contributed by atoms with E-state index in [-0.39, 0.29) is 6.03 Å². The van der Waals surface area contributed by atoms with Gasteiger partial charge in [0.2, 0.25) is 0 Å². The number of nitrogens with one attached hydrogen (secondary N) is 1. The SMILES string of the molecule is CC[C@H](NC(=O)N1CCCN2CCCC2C1)C(=O)O. The third kappa shape index (κ3) is 3.37. The Morgan fingerprint density at radius 3 is 2.74 bits per heavy atom. The zero-order chi connectivity index (χ0) is 13.8. The zero-order valence-electron chi connectivity index (χ0n) is 11.5. The molecule has 2 heterocycles. The minimum absolute atomic E-state index is 0.233. The van der Waals surface area contributed by atoms with Gasteiger partial charge in [-0.05, 0) is 32.2 Å². The van der Waals surface area contributed by atoms with Crippen LogP contribution in [0.15, 0.2) is 0 Å². The fourth-order valence-electron chi connectivity index (χ4n) is 2.97. The molecule has 0 saturated carbocycles. The molecule has 2 fully saturated rings. The molecule has 0 bridgehead atoms. The first-order valence-electron chi connectivity index (χ1n) is 7.14. The Labute approximate surface area is 113 Å². The zero-order valence-corrected chi connectivity index (χ0v) is 11.5. The van der Waals surface area contributed by atoms with Gasteiger partial charge in [0.1, 0.15) is 6.04 Å². The quantitative estimate of drug-likeness (QED) is 0.792. The smallest absolute Gasteiger partial charge is 0.326 e. The van der Waals surface area contributed by atoms with Gasteiger partial charge in [0.15, 0.2) is 0 Å². The monoisotopic (exact) mass is 269 g/mol. The highest BCUT2D eigenvalue weighted by molar-refractivity contribution is 5.82. The van der Waals surface area contributed by atoms with Gasteiger partial charge in [0.25, 0.3) is 0 Å². The van der Waals surface area contributed by atoms with Gasteiger partial charge in [-0.15, -0.1) is 0 Å². The van der Waals surface area contributed by atoms with Gasteiger partial charge < -0.3 is 15.3 Å². The average Bonchev–Trinajstić information content (AvgIpc) is 2.72. The molecule has 0 aromatic rings. The van der Waals surface area contributed by atoms with Crippen LogP contribution in [0.25, 0.3) is 0 Å².